The third-order valence-electron chi connectivity index (χ3n) is 6.18. The van der Waals surface area contributed by atoms with Crippen molar-refractivity contribution in [2.75, 3.05) is 19.8 Å². The minimum atomic E-state index is -0.406. The van der Waals surface area contributed by atoms with Gasteiger partial charge in [0, 0.05) is 26.2 Å². The van der Waals surface area contributed by atoms with E-state index in [1.165, 1.54) is 0 Å². The Morgan fingerprint density at radius 2 is 1.74 bits per heavy atom. The lowest BCUT2D eigenvalue weighted by Crippen LogP contribution is -2.32. The van der Waals surface area contributed by atoms with Gasteiger partial charge in [-0.15, -0.1) is 0 Å². The molecule has 27 heavy (non-hydrogen) atoms. The highest BCUT2D eigenvalue weighted by molar-refractivity contribution is 4.92. The van der Waals surface area contributed by atoms with E-state index >= 15 is 0 Å². The lowest BCUT2D eigenvalue weighted by molar-refractivity contribution is -0.196. The average Bonchev–Trinajstić information content (AvgIpc) is 2.96. The van der Waals surface area contributed by atoms with Gasteiger partial charge in [-0.05, 0) is 69.6 Å². The molecule has 2 aliphatic rings. The van der Waals surface area contributed by atoms with Crippen LogP contribution in [0.2, 0.25) is 0 Å². The fraction of sp³-hybridized carbons (Fsp3) is 1.00. The van der Waals surface area contributed by atoms with Crippen LogP contribution < -0.4 is 0 Å². The zero-order chi connectivity index (χ0) is 19.5. The van der Waals surface area contributed by atoms with E-state index in [4.69, 9.17) is 14.6 Å². The minimum Gasteiger partial charge on any atom is -0.396 e. The van der Waals surface area contributed by atoms with E-state index in [0.29, 0.717) is 19.3 Å². The van der Waals surface area contributed by atoms with Crippen LogP contribution in [0.4, 0.5) is 0 Å². The van der Waals surface area contributed by atoms with Crippen LogP contribution in [-0.4, -0.2) is 64.8 Å². The number of ether oxygens (including phenoxy) is 2. The molecule has 0 spiro atoms. The molecule has 4 N–H and O–H groups in total. The molecule has 160 valence electrons. The topological polar surface area (TPSA) is 99.4 Å². The zero-order valence-corrected chi connectivity index (χ0v) is 16.7. The highest BCUT2D eigenvalue weighted by Gasteiger charge is 2.43. The molecule has 1 aliphatic carbocycles. The van der Waals surface area contributed by atoms with E-state index in [9.17, 15) is 15.3 Å². The fourth-order valence-electron chi connectivity index (χ4n) is 4.65. The second kappa shape index (κ2) is 13.1. The van der Waals surface area contributed by atoms with Crippen LogP contribution in [0.5, 0.6) is 0 Å². The number of unbranched alkanes of at least 4 members (excludes halogenated alkanes) is 2. The van der Waals surface area contributed by atoms with Gasteiger partial charge in [-0.2, -0.15) is 0 Å². The maximum Gasteiger partial charge on any atom is 0.157 e. The molecule has 0 aromatic carbocycles. The molecule has 1 aliphatic heterocycles. The number of aliphatic hydroxyl groups is 4. The summed E-state index contributed by atoms with van der Waals surface area (Å²) in [6.07, 6.45) is 9.21. The van der Waals surface area contributed by atoms with E-state index in [2.05, 4.69) is 0 Å². The Balaban J connectivity index is 1.85. The smallest absolute Gasteiger partial charge is 0.157 e. The van der Waals surface area contributed by atoms with Crippen LogP contribution in [0.1, 0.15) is 77.0 Å². The molecular weight excluding hydrogens is 348 g/mol. The molecule has 6 nitrogen and oxygen atoms in total. The number of rotatable bonds is 13. The molecule has 6 atom stereocenters. The predicted octanol–water partition coefficient (Wildman–Crippen LogP) is 2.36. The van der Waals surface area contributed by atoms with E-state index in [1.807, 2.05) is 0 Å². The van der Waals surface area contributed by atoms with Crippen LogP contribution in [0.15, 0.2) is 0 Å². The minimum absolute atomic E-state index is 0.0339. The van der Waals surface area contributed by atoms with Gasteiger partial charge in [-0.25, -0.2) is 0 Å². The van der Waals surface area contributed by atoms with Crippen LogP contribution in [0.3, 0.4) is 0 Å². The second-order valence-corrected chi connectivity index (χ2v) is 8.27. The summed E-state index contributed by atoms with van der Waals surface area (Å²) in [5, 5.41) is 38.9. The summed E-state index contributed by atoms with van der Waals surface area (Å²) in [5.74, 6) is 0.316. The number of aliphatic hydroxyl groups excluding tert-OH is 4. The summed E-state index contributed by atoms with van der Waals surface area (Å²) in [5.41, 5.74) is 0. The van der Waals surface area contributed by atoms with E-state index in [1.54, 1.807) is 0 Å². The summed E-state index contributed by atoms with van der Waals surface area (Å²) < 4.78 is 12.0. The van der Waals surface area contributed by atoms with Crippen LogP contribution in [0, 0.1) is 11.8 Å². The molecule has 0 amide bonds. The molecule has 1 saturated carbocycles. The molecule has 1 saturated heterocycles. The Bertz CT molecular complexity index is 374. The second-order valence-electron chi connectivity index (χ2n) is 8.27. The van der Waals surface area contributed by atoms with Gasteiger partial charge in [0.1, 0.15) is 0 Å². The van der Waals surface area contributed by atoms with Gasteiger partial charge < -0.3 is 29.9 Å². The van der Waals surface area contributed by atoms with Crippen molar-refractivity contribution in [2.45, 2.75) is 102 Å². The van der Waals surface area contributed by atoms with Crippen molar-refractivity contribution < 1.29 is 29.9 Å². The SMILES string of the molecule is OCCCCCC(O)CCC1[C@@H](CCCO)[C@@H](O)C[C@H]1OC1CCCCO1. The molecule has 2 fully saturated rings. The number of hydrogen-bond donors (Lipinski definition) is 4. The monoisotopic (exact) mass is 388 g/mol. The van der Waals surface area contributed by atoms with Crippen molar-refractivity contribution in [2.24, 2.45) is 11.8 Å². The van der Waals surface area contributed by atoms with Crippen LogP contribution in [0.25, 0.3) is 0 Å². The van der Waals surface area contributed by atoms with E-state index in [-0.39, 0.29) is 43.5 Å². The van der Waals surface area contributed by atoms with Crippen LogP contribution in [-0.2, 0) is 9.47 Å². The van der Waals surface area contributed by atoms with Crippen molar-refractivity contribution in [3.63, 3.8) is 0 Å². The fourth-order valence-corrected chi connectivity index (χ4v) is 4.65. The van der Waals surface area contributed by atoms with Gasteiger partial charge in [0.2, 0.25) is 0 Å². The van der Waals surface area contributed by atoms with Gasteiger partial charge in [0.25, 0.3) is 0 Å². The van der Waals surface area contributed by atoms with Gasteiger partial charge in [0.15, 0.2) is 6.29 Å². The summed E-state index contributed by atoms with van der Waals surface area (Å²) in [4.78, 5) is 0. The molecule has 0 aromatic heterocycles. The largest absolute Gasteiger partial charge is 0.396 e. The third kappa shape index (κ3) is 7.95. The van der Waals surface area contributed by atoms with Crippen molar-refractivity contribution in [3.05, 3.63) is 0 Å². The van der Waals surface area contributed by atoms with Gasteiger partial charge in [0.05, 0.1) is 18.3 Å². The Hall–Kier alpha value is -0.240. The Morgan fingerprint density at radius 3 is 2.44 bits per heavy atom. The quantitative estimate of drug-likeness (QED) is 0.362. The van der Waals surface area contributed by atoms with Crippen molar-refractivity contribution in [1.29, 1.82) is 0 Å². The Kier molecular flexibility index (Phi) is 11.2. The first-order valence-corrected chi connectivity index (χ1v) is 11.0. The summed E-state index contributed by atoms with van der Waals surface area (Å²) in [7, 11) is 0. The van der Waals surface area contributed by atoms with E-state index in [0.717, 1.165) is 64.4 Å². The average molecular weight is 389 g/mol. The first-order valence-electron chi connectivity index (χ1n) is 11.0. The standard InChI is InChI=1S/C21H40O6/c22-12-4-1-2-7-16(24)10-11-18-17(8-6-13-23)19(25)15-20(18)27-21-9-3-5-14-26-21/h16-25H,1-15H2/t16?,17-,18?,19+,20-,21?/m1/s1. The molecule has 3 unspecified atom stereocenters. The highest BCUT2D eigenvalue weighted by Crippen LogP contribution is 2.41. The van der Waals surface area contributed by atoms with Gasteiger partial charge in [-0.3, -0.25) is 0 Å². The summed E-state index contributed by atoms with van der Waals surface area (Å²) >= 11 is 0. The lowest BCUT2D eigenvalue weighted by Gasteiger charge is -2.31. The number of hydrogen-bond acceptors (Lipinski definition) is 6. The first kappa shape index (κ1) is 23.0. The third-order valence-corrected chi connectivity index (χ3v) is 6.18. The Morgan fingerprint density at radius 1 is 0.926 bits per heavy atom. The van der Waals surface area contributed by atoms with Gasteiger partial charge >= 0.3 is 0 Å². The van der Waals surface area contributed by atoms with Crippen molar-refractivity contribution in [1.82, 2.24) is 0 Å². The summed E-state index contributed by atoms with van der Waals surface area (Å²) in [6, 6.07) is 0. The molecule has 0 radical (unpaired) electrons. The Labute approximate surface area is 163 Å². The molecule has 0 bridgehead atoms. The van der Waals surface area contributed by atoms with E-state index < -0.39 is 6.10 Å². The maximum absolute atomic E-state index is 10.6. The van der Waals surface area contributed by atoms with Gasteiger partial charge in [-0.1, -0.05) is 12.8 Å². The molecule has 2 rings (SSSR count). The summed E-state index contributed by atoms with van der Waals surface area (Å²) in [6.45, 7) is 1.09. The van der Waals surface area contributed by atoms with Crippen molar-refractivity contribution >= 4 is 0 Å². The molecule has 6 heteroatoms. The lowest BCUT2D eigenvalue weighted by atomic mass is 9.85. The molecular formula is C21H40O6. The molecule has 1 heterocycles. The predicted molar refractivity (Wildman–Crippen MR) is 103 cm³/mol. The van der Waals surface area contributed by atoms with Crippen LogP contribution >= 0.6 is 0 Å². The van der Waals surface area contributed by atoms with Crippen molar-refractivity contribution in [3.8, 4) is 0 Å². The maximum atomic E-state index is 10.6. The first-order chi connectivity index (χ1) is 13.2. The molecule has 0 aromatic rings. The zero-order valence-electron chi connectivity index (χ0n) is 16.7. The highest BCUT2D eigenvalue weighted by atomic mass is 16.7. The normalized spacial score (nSPS) is 32.7.